The molecule has 6 nitrogen and oxygen atoms in total. The van der Waals surface area contributed by atoms with Gasteiger partial charge >= 0.3 is 6.01 Å². The van der Waals surface area contributed by atoms with E-state index in [1.54, 1.807) is 0 Å². The molecule has 2 rings (SSSR count). The third-order valence-electron chi connectivity index (χ3n) is 2.59. The van der Waals surface area contributed by atoms with Gasteiger partial charge in [0.05, 0.1) is 7.11 Å². The van der Waals surface area contributed by atoms with Crippen LogP contribution < -0.4 is 16.0 Å². The van der Waals surface area contributed by atoms with Gasteiger partial charge < -0.3 is 4.74 Å². The van der Waals surface area contributed by atoms with Crippen LogP contribution in [0, 0.1) is 13.8 Å². The molecular formula is C12H15N5OS. The lowest BCUT2D eigenvalue weighted by atomic mass is 10.1. The summed E-state index contributed by atoms with van der Waals surface area (Å²) in [5.74, 6) is 5.59. The van der Waals surface area contributed by atoms with Crippen molar-refractivity contribution in [3.8, 4) is 6.01 Å². The minimum absolute atomic E-state index is 0.231. The molecule has 1 aromatic heterocycles. The molecule has 0 unspecified atom stereocenters. The number of nitrogens with zero attached hydrogens (tertiary/aromatic N) is 3. The van der Waals surface area contributed by atoms with Crippen LogP contribution in [-0.2, 0) is 0 Å². The molecule has 0 saturated carbocycles. The fourth-order valence-corrected chi connectivity index (χ4v) is 2.26. The highest BCUT2D eigenvalue weighted by Gasteiger charge is 2.08. The number of nitrogens with two attached hydrogens (primary N) is 1. The van der Waals surface area contributed by atoms with Gasteiger partial charge in [-0.1, -0.05) is 6.07 Å². The van der Waals surface area contributed by atoms with E-state index < -0.39 is 0 Å². The average Bonchev–Trinajstić information content (AvgIpc) is 2.42. The molecule has 0 saturated heterocycles. The molecule has 0 spiro atoms. The Kier molecular flexibility index (Phi) is 4.18. The summed E-state index contributed by atoms with van der Waals surface area (Å²) in [5, 5.41) is 0.531. The standard InChI is InChI=1S/C12H15N5OS/c1-7-4-5-9(6-8(7)2)19-12-15-10(17-13)14-11(16-12)18-3/h4-6H,13H2,1-3H3,(H,14,15,16,17). The van der Waals surface area contributed by atoms with Crippen molar-refractivity contribution in [2.24, 2.45) is 5.84 Å². The molecule has 1 aromatic carbocycles. The average molecular weight is 277 g/mol. The lowest BCUT2D eigenvalue weighted by Crippen LogP contribution is -2.12. The zero-order valence-corrected chi connectivity index (χ0v) is 11.8. The Morgan fingerprint density at radius 3 is 2.58 bits per heavy atom. The van der Waals surface area contributed by atoms with Gasteiger partial charge in [0.1, 0.15) is 0 Å². The van der Waals surface area contributed by atoms with Gasteiger partial charge in [-0.15, -0.1) is 0 Å². The third-order valence-corrected chi connectivity index (χ3v) is 3.45. The number of hydrogen-bond acceptors (Lipinski definition) is 7. The van der Waals surface area contributed by atoms with Crippen molar-refractivity contribution >= 4 is 17.7 Å². The highest BCUT2D eigenvalue weighted by molar-refractivity contribution is 7.99. The Bertz CT molecular complexity index is 568. The fraction of sp³-hybridized carbons (Fsp3) is 0.250. The van der Waals surface area contributed by atoms with Crippen LogP contribution in [0.5, 0.6) is 6.01 Å². The van der Waals surface area contributed by atoms with E-state index in [1.807, 2.05) is 6.07 Å². The normalized spacial score (nSPS) is 10.3. The van der Waals surface area contributed by atoms with E-state index in [-0.39, 0.29) is 12.0 Å². The largest absolute Gasteiger partial charge is 0.467 e. The fourth-order valence-electron chi connectivity index (χ4n) is 1.42. The summed E-state index contributed by atoms with van der Waals surface area (Å²) in [6.07, 6.45) is 0. The number of methoxy groups -OCH3 is 1. The number of ether oxygens (including phenoxy) is 1. The maximum absolute atomic E-state index is 5.31. The van der Waals surface area contributed by atoms with E-state index in [9.17, 15) is 0 Å². The highest BCUT2D eigenvalue weighted by atomic mass is 32.2. The van der Waals surface area contributed by atoms with Crippen LogP contribution in [0.2, 0.25) is 0 Å². The van der Waals surface area contributed by atoms with Gasteiger partial charge in [-0.05, 0) is 48.9 Å². The van der Waals surface area contributed by atoms with Gasteiger partial charge in [-0.2, -0.15) is 15.0 Å². The van der Waals surface area contributed by atoms with Crippen LogP contribution in [0.25, 0.3) is 0 Å². The van der Waals surface area contributed by atoms with Crippen LogP contribution in [0.4, 0.5) is 5.95 Å². The van der Waals surface area contributed by atoms with Gasteiger partial charge in [0.15, 0.2) is 0 Å². The Morgan fingerprint density at radius 1 is 1.16 bits per heavy atom. The number of nitrogens with one attached hydrogen (secondary N) is 1. The maximum atomic E-state index is 5.31. The molecular weight excluding hydrogens is 262 g/mol. The lowest BCUT2D eigenvalue weighted by Gasteiger charge is -2.06. The van der Waals surface area contributed by atoms with Crippen LogP contribution in [0.1, 0.15) is 11.1 Å². The first-order valence-corrected chi connectivity index (χ1v) is 6.46. The number of hydrazine groups is 1. The van der Waals surface area contributed by atoms with E-state index in [1.165, 1.54) is 30.0 Å². The summed E-state index contributed by atoms with van der Waals surface area (Å²) in [5.41, 5.74) is 4.87. The predicted molar refractivity (Wildman–Crippen MR) is 74.2 cm³/mol. The monoisotopic (exact) mass is 277 g/mol. The molecule has 100 valence electrons. The zero-order chi connectivity index (χ0) is 13.8. The number of anilines is 1. The molecule has 0 aliphatic rings. The van der Waals surface area contributed by atoms with Crippen LogP contribution in [0.3, 0.4) is 0 Å². The first-order valence-electron chi connectivity index (χ1n) is 5.64. The topological polar surface area (TPSA) is 86.0 Å². The molecule has 0 bridgehead atoms. The van der Waals surface area contributed by atoms with Crippen molar-refractivity contribution in [1.82, 2.24) is 15.0 Å². The van der Waals surface area contributed by atoms with E-state index in [0.29, 0.717) is 5.16 Å². The minimum Gasteiger partial charge on any atom is -0.467 e. The highest BCUT2D eigenvalue weighted by Crippen LogP contribution is 2.27. The summed E-state index contributed by atoms with van der Waals surface area (Å²) >= 11 is 1.43. The lowest BCUT2D eigenvalue weighted by molar-refractivity contribution is 0.373. The predicted octanol–water partition coefficient (Wildman–Crippen LogP) is 1.93. The van der Waals surface area contributed by atoms with E-state index in [2.05, 4.69) is 46.4 Å². The molecule has 0 atom stereocenters. The molecule has 3 N–H and O–H groups in total. The van der Waals surface area contributed by atoms with Crippen molar-refractivity contribution in [2.75, 3.05) is 12.5 Å². The number of aryl methyl sites for hydroxylation is 2. The summed E-state index contributed by atoms with van der Waals surface area (Å²) < 4.78 is 5.01. The number of benzene rings is 1. The van der Waals surface area contributed by atoms with Crippen molar-refractivity contribution in [3.05, 3.63) is 29.3 Å². The van der Waals surface area contributed by atoms with Crippen LogP contribution in [0.15, 0.2) is 28.3 Å². The Balaban J connectivity index is 2.29. The summed E-state index contributed by atoms with van der Waals surface area (Å²) in [6, 6.07) is 6.41. The van der Waals surface area contributed by atoms with Crippen LogP contribution >= 0.6 is 11.8 Å². The van der Waals surface area contributed by atoms with E-state index in [4.69, 9.17) is 10.6 Å². The molecule has 7 heteroatoms. The van der Waals surface area contributed by atoms with Crippen molar-refractivity contribution < 1.29 is 4.74 Å². The SMILES string of the molecule is COc1nc(NN)nc(Sc2ccc(C)c(C)c2)n1. The molecule has 2 aromatic rings. The second kappa shape index (κ2) is 5.85. The van der Waals surface area contributed by atoms with Gasteiger partial charge in [-0.3, -0.25) is 5.43 Å². The Labute approximate surface area is 115 Å². The molecule has 19 heavy (non-hydrogen) atoms. The molecule has 0 radical (unpaired) electrons. The summed E-state index contributed by atoms with van der Waals surface area (Å²) in [4.78, 5) is 13.3. The summed E-state index contributed by atoms with van der Waals surface area (Å²) in [7, 11) is 1.50. The molecule has 0 aliphatic heterocycles. The first-order chi connectivity index (χ1) is 9.12. The van der Waals surface area contributed by atoms with Gasteiger partial charge in [0, 0.05) is 4.90 Å². The van der Waals surface area contributed by atoms with Crippen molar-refractivity contribution in [3.63, 3.8) is 0 Å². The van der Waals surface area contributed by atoms with E-state index in [0.717, 1.165) is 4.90 Å². The molecule has 0 aliphatic carbocycles. The second-order valence-electron chi connectivity index (χ2n) is 3.92. The van der Waals surface area contributed by atoms with Gasteiger partial charge in [-0.25, -0.2) is 5.84 Å². The van der Waals surface area contributed by atoms with Gasteiger partial charge in [0.25, 0.3) is 0 Å². The number of aromatic nitrogens is 3. The maximum Gasteiger partial charge on any atom is 0.322 e. The first kappa shape index (κ1) is 13.6. The van der Waals surface area contributed by atoms with E-state index >= 15 is 0 Å². The number of rotatable bonds is 4. The quantitative estimate of drug-likeness (QED) is 0.652. The minimum atomic E-state index is 0.231. The van der Waals surface area contributed by atoms with Crippen molar-refractivity contribution in [2.45, 2.75) is 23.9 Å². The Hall–Kier alpha value is -1.86. The number of hydrogen-bond donors (Lipinski definition) is 2. The molecule has 0 fully saturated rings. The third kappa shape index (κ3) is 3.33. The van der Waals surface area contributed by atoms with Crippen LogP contribution in [-0.4, -0.2) is 22.1 Å². The van der Waals surface area contributed by atoms with Crippen molar-refractivity contribution in [1.29, 1.82) is 0 Å². The Morgan fingerprint density at radius 2 is 1.95 bits per heavy atom. The van der Waals surface area contributed by atoms with Gasteiger partial charge in [0.2, 0.25) is 11.1 Å². The zero-order valence-electron chi connectivity index (χ0n) is 11.0. The number of nitrogen functional groups attached to an aromatic ring is 1. The molecule has 1 heterocycles. The smallest absolute Gasteiger partial charge is 0.322 e. The summed E-state index contributed by atoms with van der Waals surface area (Å²) in [6.45, 7) is 4.15. The second-order valence-corrected chi connectivity index (χ2v) is 4.96. The molecule has 0 amide bonds.